The van der Waals surface area contributed by atoms with Gasteiger partial charge in [0.1, 0.15) is 0 Å². The molecule has 1 atom stereocenters. The van der Waals surface area contributed by atoms with Gasteiger partial charge in [-0.3, -0.25) is 0 Å². The van der Waals surface area contributed by atoms with E-state index in [-0.39, 0.29) is 0 Å². The summed E-state index contributed by atoms with van der Waals surface area (Å²) in [7, 11) is 0. The van der Waals surface area contributed by atoms with E-state index < -0.39 is 0 Å². The van der Waals surface area contributed by atoms with E-state index in [1.54, 1.807) is 0 Å². The molecule has 19 heavy (non-hydrogen) atoms. The Balaban J connectivity index is 1.63. The van der Waals surface area contributed by atoms with Crippen molar-refractivity contribution in [2.75, 3.05) is 19.6 Å². The number of nitrogens with zero attached hydrogens (tertiary/aromatic N) is 1. The SMILES string of the molecule is CC1(C)CC(NC2CN3CCC2CC3)CC(C)(C)C1. The van der Waals surface area contributed by atoms with Crippen LogP contribution in [-0.4, -0.2) is 36.6 Å². The van der Waals surface area contributed by atoms with Crippen LogP contribution < -0.4 is 5.32 Å². The minimum absolute atomic E-state index is 0.507. The molecule has 4 fully saturated rings. The van der Waals surface area contributed by atoms with Crippen molar-refractivity contribution in [1.82, 2.24) is 10.2 Å². The molecule has 2 heteroatoms. The van der Waals surface area contributed by atoms with Gasteiger partial charge in [0.15, 0.2) is 0 Å². The zero-order valence-corrected chi connectivity index (χ0v) is 13.3. The number of nitrogens with one attached hydrogen (secondary N) is 1. The van der Waals surface area contributed by atoms with E-state index in [0.717, 1.165) is 18.0 Å². The van der Waals surface area contributed by atoms with Gasteiger partial charge in [-0.15, -0.1) is 0 Å². The number of hydrogen-bond donors (Lipinski definition) is 1. The fraction of sp³-hybridized carbons (Fsp3) is 1.00. The van der Waals surface area contributed by atoms with Gasteiger partial charge < -0.3 is 10.2 Å². The third-order valence-electron chi connectivity index (χ3n) is 5.66. The third-order valence-corrected chi connectivity index (χ3v) is 5.66. The van der Waals surface area contributed by atoms with Gasteiger partial charge in [-0.2, -0.15) is 0 Å². The largest absolute Gasteiger partial charge is 0.310 e. The van der Waals surface area contributed by atoms with Crippen molar-refractivity contribution in [3.05, 3.63) is 0 Å². The fourth-order valence-corrected chi connectivity index (χ4v) is 5.42. The molecule has 2 bridgehead atoms. The Morgan fingerprint density at radius 1 is 0.947 bits per heavy atom. The van der Waals surface area contributed by atoms with Crippen LogP contribution in [0.5, 0.6) is 0 Å². The molecule has 1 unspecified atom stereocenters. The van der Waals surface area contributed by atoms with Crippen molar-refractivity contribution in [3.63, 3.8) is 0 Å². The second-order valence-electron chi connectivity index (χ2n) is 9.02. The molecule has 0 aromatic heterocycles. The van der Waals surface area contributed by atoms with Crippen molar-refractivity contribution in [3.8, 4) is 0 Å². The highest BCUT2D eigenvalue weighted by molar-refractivity contribution is 4.97. The summed E-state index contributed by atoms with van der Waals surface area (Å²) in [5.74, 6) is 0.957. The Labute approximate surface area is 119 Å². The highest BCUT2D eigenvalue weighted by Crippen LogP contribution is 2.46. The van der Waals surface area contributed by atoms with Gasteiger partial charge in [0, 0.05) is 18.6 Å². The van der Waals surface area contributed by atoms with Gasteiger partial charge in [-0.25, -0.2) is 0 Å². The second kappa shape index (κ2) is 4.73. The topological polar surface area (TPSA) is 15.3 Å². The molecule has 4 rings (SSSR count). The summed E-state index contributed by atoms with van der Waals surface area (Å²) in [6.45, 7) is 13.8. The van der Waals surface area contributed by atoms with Crippen LogP contribution in [0.4, 0.5) is 0 Å². The summed E-state index contributed by atoms with van der Waals surface area (Å²) in [6, 6.07) is 1.52. The van der Waals surface area contributed by atoms with Crippen LogP contribution >= 0.6 is 0 Å². The van der Waals surface area contributed by atoms with E-state index in [1.165, 1.54) is 51.7 Å². The minimum Gasteiger partial charge on any atom is -0.310 e. The Hall–Kier alpha value is -0.0800. The lowest BCUT2D eigenvalue weighted by Gasteiger charge is -2.50. The monoisotopic (exact) mass is 264 g/mol. The summed E-state index contributed by atoms with van der Waals surface area (Å²) < 4.78 is 0. The van der Waals surface area contributed by atoms with E-state index in [1.807, 2.05) is 0 Å². The lowest BCUT2D eigenvalue weighted by molar-refractivity contribution is 0.0361. The van der Waals surface area contributed by atoms with Gasteiger partial charge in [-0.1, -0.05) is 27.7 Å². The van der Waals surface area contributed by atoms with Crippen LogP contribution in [0, 0.1) is 16.7 Å². The molecule has 2 nitrogen and oxygen atoms in total. The number of hydrogen-bond acceptors (Lipinski definition) is 2. The van der Waals surface area contributed by atoms with Crippen LogP contribution in [0.25, 0.3) is 0 Å². The quantitative estimate of drug-likeness (QED) is 0.823. The second-order valence-corrected chi connectivity index (χ2v) is 9.02. The number of rotatable bonds is 2. The van der Waals surface area contributed by atoms with Crippen molar-refractivity contribution >= 4 is 0 Å². The number of fused-ring (bicyclic) bond motifs is 3. The summed E-state index contributed by atoms with van der Waals surface area (Å²) in [5, 5.41) is 4.06. The highest BCUT2D eigenvalue weighted by Gasteiger charge is 2.41. The third kappa shape index (κ3) is 3.16. The molecule has 3 saturated heterocycles. The van der Waals surface area contributed by atoms with Gasteiger partial charge in [0.2, 0.25) is 0 Å². The van der Waals surface area contributed by atoms with E-state index >= 15 is 0 Å². The molecule has 110 valence electrons. The first-order valence-corrected chi connectivity index (χ1v) is 8.31. The van der Waals surface area contributed by atoms with Gasteiger partial charge in [-0.05, 0) is 61.9 Å². The molecule has 0 aromatic rings. The van der Waals surface area contributed by atoms with E-state index in [9.17, 15) is 0 Å². The maximum absolute atomic E-state index is 4.06. The first-order valence-electron chi connectivity index (χ1n) is 8.31. The van der Waals surface area contributed by atoms with Crippen molar-refractivity contribution in [2.45, 2.75) is 71.9 Å². The molecule has 1 saturated carbocycles. The summed E-state index contributed by atoms with van der Waals surface area (Å²) in [5.41, 5.74) is 1.01. The lowest BCUT2D eigenvalue weighted by atomic mass is 9.63. The molecule has 3 aliphatic heterocycles. The summed E-state index contributed by atoms with van der Waals surface area (Å²) in [6.07, 6.45) is 6.95. The van der Waals surface area contributed by atoms with Gasteiger partial charge in [0.25, 0.3) is 0 Å². The van der Waals surface area contributed by atoms with E-state index in [4.69, 9.17) is 0 Å². The van der Waals surface area contributed by atoms with Crippen LogP contribution in [-0.2, 0) is 0 Å². The van der Waals surface area contributed by atoms with Crippen LogP contribution in [0.3, 0.4) is 0 Å². The molecule has 1 aliphatic carbocycles. The molecular weight excluding hydrogens is 232 g/mol. The normalized spacial score (nSPS) is 41.4. The van der Waals surface area contributed by atoms with Crippen molar-refractivity contribution in [1.29, 1.82) is 0 Å². The molecule has 1 N–H and O–H groups in total. The first-order chi connectivity index (χ1) is 8.83. The molecule has 0 amide bonds. The Morgan fingerprint density at radius 2 is 1.53 bits per heavy atom. The zero-order chi connectivity index (χ0) is 13.7. The van der Waals surface area contributed by atoms with Crippen molar-refractivity contribution < 1.29 is 0 Å². The average Bonchev–Trinajstić information content (AvgIpc) is 2.26. The zero-order valence-electron chi connectivity index (χ0n) is 13.3. The standard InChI is InChI=1S/C17H32N2/c1-16(2)9-14(10-17(3,4)12-16)18-15-11-19-7-5-13(15)6-8-19/h13-15,18H,5-12H2,1-4H3. The fourth-order valence-electron chi connectivity index (χ4n) is 5.42. The highest BCUT2D eigenvalue weighted by atomic mass is 15.2. The molecule has 3 heterocycles. The molecule has 0 spiro atoms. The maximum Gasteiger partial charge on any atom is 0.0226 e. The lowest BCUT2D eigenvalue weighted by Crippen LogP contribution is -2.59. The van der Waals surface area contributed by atoms with E-state index in [0.29, 0.717) is 10.8 Å². The van der Waals surface area contributed by atoms with Gasteiger partial charge in [0.05, 0.1) is 0 Å². The molecule has 0 aromatic carbocycles. The number of piperidine rings is 3. The van der Waals surface area contributed by atoms with Crippen LogP contribution in [0.1, 0.15) is 59.8 Å². The summed E-state index contributed by atoms with van der Waals surface area (Å²) in [4.78, 5) is 2.66. The smallest absolute Gasteiger partial charge is 0.0226 e. The Morgan fingerprint density at radius 3 is 2.00 bits per heavy atom. The molecule has 0 radical (unpaired) electrons. The Bertz CT molecular complexity index is 310. The molecule has 4 aliphatic rings. The Kier molecular flexibility index (Phi) is 3.46. The molecular formula is C17H32N2. The van der Waals surface area contributed by atoms with Crippen LogP contribution in [0.2, 0.25) is 0 Å². The minimum atomic E-state index is 0.507. The average molecular weight is 264 g/mol. The van der Waals surface area contributed by atoms with Crippen molar-refractivity contribution in [2.24, 2.45) is 16.7 Å². The van der Waals surface area contributed by atoms with Crippen LogP contribution in [0.15, 0.2) is 0 Å². The predicted octanol–water partition coefficient (Wildman–Crippen LogP) is 3.28. The van der Waals surface area contributed by atoms with Gasteiger partial charge >= 0.3 is 0 Å². The first kappa shape index (κ1) is 13.9. The summed E-state index contributed by atoms with van der Waals surface area (Å²) >= 11 is 0. The predicted molar refractivity (Wildman–Crippen MR) is 81.3 cm³/mol. The maximum atomic E-state index is 4.06. The van der Waals surface area contributed by atoms with E-state index in [2.05, 4.69) is 37.9 Å².